The van der Waals surface area contributed by atoms with Crippen LogP contribution in [0.15, 0.2) is 77.7 Å². The lowest BCUT2D eigenvalue weighted by atomic mass is 10.2. The predicted octanol–water partition coefficient (Wildman–Crippen LogP) is 4.17. The van der Waals surface area contributed by atoms with E-state index in [1.807, 2.05) is 18.2 Å². The highest BCUT2D eigenvalue weighted by atomic mass is 32.2. The molecule has 32 heavy (non-hydrogen) atoms. The van der Waals surface area contributed by atoms with Gasteiger partial charge in [-0.1, -0.05) is 18.2 Å². The first-order valence-electron chi connectivity index (χ1n) is 9.26. The maximum Gasteiger partial charge on any atom is 0.416 e. The Morgan fingerprint density at radius 2 is 1.59 bits per heavy atom. The van der Waals surface area contributed by atoms with E-state index < -0.39 is 33.8 Å². The minimum atomic E-state index is -4.66. The van der Waals surface area contributed by atoms with Crippen molar-refractivity contribution in [3.8, 4) is 11.5 Å². The number of hydrogen-bond donors (Lipinski definition) is 3. The second kappa shape index (κ2) is 8.17. The summed E-state index contributed by atoms with van der Waals surface area (Å²) in [7, 11) is -4.19. The maximum absolute atomic E-state index is 13.0. The number of carbonyl (C=O) groups excluding carboxylic acids is 1. The minimum absolute atomic E-state index is 0.315. The molecule has 0 aliphatic carbocycles. The van der Waals surface area contributed by atoms with Gasteiger partial charge >= 0.3 is 6.18 Å². The van der Waals surface area contributed by atoms with Gasteiger partial charge in [0.15, 0.2) is 6.17 Å². The first-order chi connectivity index (χ1) is 15.1. The lowest BCUT2D eigenvalue weighted by Gasteiger charge is -2.27. The smallest absolute Gasteiger partial charge is 0.416 e. The molecule has 0 bridgehead atoms. The number of ether oxygens (including phenoxy) is 1. The maximum atomic E-state index is 13.0. The van der Waals surface area contributed by atoms with E-state index in [-0.39, 0.29) is 10.6 Å². The Morgan fingerprint density at radius 3 is 2.25 bits per heavy atom. The molecule has 3 N–H and O–H groups in total. The second-order valence-corrected chi connectivity index (χ2v) is 8.52. The van der Waals surface area contributed by atoms with Crippen molar-refractivity contribution in [2.24, 2.45) is 0 Å². The molecule has 1 unspecified atom stereocenters. The third-order valence-corrected chi connectivity index (χ3v) is 6.01. The van der Waals surface area contributed by atoms with E-state index in [4.69, 9.17) is 4.74 Å². The quantitative estimate of drug-likeness (QED) is 0.540. The summed E-state index contributed by atoms with van der Waals surface area (Å²) in [6.07, 6.45) is -6.16. The summed E-state index contributed by atoms with van der Waals surface area (Å²) in [6.45, 7) is 0. The fourth-order valence-electron chi connectivity index (χ4n) is 3.02. The molecule has 1 aliphatic rings. The van der Waals surface area contributed by atoms with Crippen LogP contribution in [0.1, 0.15) is 5.56 Å². The van der Waals surface area contributed by atoms with Crippen LogP contribution in [0, 0.1) is 0 Å². The predicted molar refractivity (Wildman–Crippen MR) is 111 cm³/mol. The number of carbonyl (C=O) groups is 1. The highest BCUT2D eigenvalue weighted by molar-refractivity contribution is 7.89. The topological polar surface area (TPSA) is 96.5 Å². The molecule has 4 rings (SSSR count). The zero-order chi connectivity index (χ0) is 22.9. The summed E-state index contributed by atoms with van der Waals surface area (Å²) in [5.41, 5.74) is -1.01. The molecule has 0 aromatic heterocycles. The molecule has 0 fully saturated rings. The van der Waals surface area contributed by atoms with Gasteiger partial charge in [-0.2, -0.15) is 17.9 Å². The first kappa shape index (κ1) is 21.7. The summed E-state index contributed by atoms with van der Waals surface area (Å²) >= 11 is 0. The van der Waals surface area contributed by atoms with Gasteiger partial charge in [-0.15, -0.1) is 0 Å². The second-order valence-electron chi connectivity index (χ2n) is 6.84. The van der Waals surface area contributed by atoms with Crippen LogP contribution >= 0.6 is 0 Å². The van der Waals surface area contributed by atoms with Crippen LogP contribution in [-0.2, 0) is 21.0 Å². The molecule has 1 aliphatic heterocycles. The molecule has 1 amide bonds. The summed E-state index contributed by atoms with van der Waals surface area (Å²) in [6, 6.07) is 17.5. The van der Waals surface area contributed by atoms with Crippen molar-refractivity contribution in [3.63, 3.8) is 0 Å². The zero-order valence-electron chi connectivity index (χ0n) is 16.2. The molecule has 7 nitrogen and oxygen atoms in total. The number of para-hydroxylation sites is 1. The molecule has 3 aromatic carbocycles. The fourth-order valence-corrected chi connectivity index (χ4v) is 4.28. The summed E-state index contributed by atoms with van der Waals surface area (Å²) < 4.78 is 71.5. The van der Waals surface area contributed by atoms with E-state index in [0.29, 0.717) is 29.3 Å². The normalized spacial score (nSPS) is 17.0. The summed E-state index contributed by atoms with van der Waals surface area (Å²) in [5, 5.41) is 5.01. The summed E-state index contributed by atoms with van der Waals surface area (Å²) in [4.78, 5) is 12.2. The lowest BCUT2D eigenvalue weighted by molar-refractivity contribution is -0.137. The van der Waals surface area contributed by atoms with Gasteiger partial charge in [0.05, 0.1) is 11.3 Å². The van der Waals surface area contributed by atoms with Gasteiger partial charge in [0.2, 0.25) is 10.0 Å². The van der Waals surface area contributed by atoms with Crippen molar-refractivity contribution in [3.05, 3.63) is 78.4 Å². The number of benzene rings is 3. The minimum Gasteiger partial charge on any atom is -0.457 e. The van der Waals surface area contributed by atoms with Gasteiger partial charge in [-0.05, 0) is 54.6 Å². The molecule has 1 atom stereocenters. The largest absolute Gasteiger partial charge is 0.457 e. The molecule has 0 saturated heterocycles. The number of sulfonamides is 1. The summed E-state index contributed by atoms with van der Waals surface area (Å²) in [5.74, 6) is 0.342. The highest BCUT2D eigenvalue weighted by Crippen LogP contribution is 2.35. The van der Waals surface area contributed by atoms with Crippen LogP contribution < -0.4 is 20.1 Å². The molecule has 3 aromatic rings. The number of nitrogens with one attached hydrogen (secondary N) is 3. The van der Waals surface area contributed by atoms with Crippen LogP contribution in [0.25, 0.3) is 0 Å². The van der Waals surface area contributed by atoms with E-state index >= 15 is 0 Å². The van der Waals surface area contributed by atoms with Crippen LogP contribution in [0.4, 0.5) is 24.5 Å². The van der Waals surface area contributed by atoms with Crippen molar-refractivity contribution in [1.29, 1.82) is 0 Å². The van der Waals surface area contributed by atoms with Gasteiger partial charge in [0.1, 0.15) is 16.4 Å². The number of halogens is 3. The molecular weight excluding hydrogens is 447 g/mol. The van der Waals surface area contributed by atoms with E-state index in [0.717, 1.165) is 6.07 Å². The first-order valence-corrected chi connectivity index (χ1v) is 10.7. The van der Waals surface area contributed by atoms with E-state index in [2.05, 4.69) is 15.4 Å². The average Bonchev–Trinajstić information content (AvgIpc) is 2.74. The van der Waals surface area contributed by atoms with Gasteiger partial charge in [-0.3, -0.25) is 4.79 Å². The molecule has 1 heterocycles. The van der Waals surface area contributed by atoms with Gasteiger partial charge in [0, 0.05) is 5.69 Å². The molecule has 166 valence electrons. The monoisotopic (exact) mass is 463 g/mol. The van der Waals surface area contributed by atoms with Crippen molar-refractivity contribution >= 4 is 27.3 Å². The van der Waals surface area contributed by atoms with E-state index in [9.17, 15) is 26.4 Å². The lowest BCUT2D eigenvalue weighted by Crippen LogP contribution is -2.51. The standard InChI is InChI=1S/C21H16F3N3O4S/c22-21(23,24)13-6-11-18-17(12-13)26-19(27-32(18,29)30)20(28)25-14-7-9-16(10-8-14)31-15-4-2-1-3-5-15/h1-12,19,26-27H,(H,25,28). The number of rotatable bonds is 4. The molecule has 11 heteroatoms. The van der Waals surface area contributed by atoms with Gasteiger partial charge in [-0.25, -0.2) is 8.42 Å². The molecule has 0 radical (unpaired) electrons. The average molecular weight is 463 g/mol. The Bertz CT molecular complexity index is 1250. The van der Waals surface area contributed by atoms with Crippen molar-refractivity contribution in [1.82, 2.24) is 4.72 Å². The van der Waals surface area contributed by atoms with E-state index in [1.165, 1.54) is 0 Å². The van der Waals surface area contributed by atoms with Gasteiger partial charge < -0.3 is 15.4 Å². The van der Waals surface area contributed by atoms with Crippen LogP contribution in [0.5, 0.6) is 11.5 Å². The number of anilines is 2. The van der Waals surface area contributed by atoms with Crippen molar-refractivity contribution in [2.75, 3.05) is 10.6 Å². The Hall–Kier alpha value is -3.57. The third-order valence-electron chi connectivity index (χ3n) is 4.53. The molecule has 0 saturated carbocycles. The Labute approximate surface area is 181 Å². The molecular formula is C21H16F3N3O4S. The Morgan fingerprint density at radius 1 is 0.938 bits per heavy atom. The zero-order valence-corrected chi connectivity index (χ0v) is 17.0. The SMILES string of the molecule is O=C(Nc1ccc(Oc2ccccc2)cc1)C1Nc2cc(C(F)(F)F)ccc2S(=O)(=O)N1. The van der Waals surface area contributed by atoms with Crippen molar-refractivity contribution < 1.29 is 31.1 Å². The highest BCUT2D eigenvalue weighted by Gasteiger charge is 2.37. The van der Waals surface area contributed by atoms with Crippen LogP contribution in [-0.4, -0.2) is 20.5 Å². The number of alkyl halides is 3. The van der Waals surface area contributed by atoms with Crippen molar-refractivity contribution in [2.45, 2.75) is 17.2 Å². The number of fused-ring (bicyclic) bond motifs is 1. The van der Waals surface area contributed by atoms with Gasteiger partial charge in [0.25, 0.3) is 5.91 Å². The molecule has 0 spiro atoms. The number of hydrogen-bond acceptors (Lipinski definition) is 5. The van der Waals surface area contributed by atoms with Crippen LogP contribution in [0.3, 0.4) is 0 Å². The van der Waals surface area contributed by atoms with Crippen LogP contribution in [0.2, 0.25) is 0 Å². The third kappa shape index (κ3) is 4.68. The Balaban J connectivity index is 1.48. The Kier molecular flexibility index (Phi) is 5.53. The fraction of sp³-hybridized carbons (Fsp3) is 0.0952. The number of amides is 1. The van der Waals surface area contributed by atoms with E-state index in [1.54, 1.807) is 36.4 Å².